The molecule has 2 rings (SSSR count). The minimum Gasteiger partial charge on any atom is -0.372 e. The molecule has 0 fully saturated rings. The second-order valence-electron chi connectivity index (χ2n) is 6.02. The number of hydrogen-bond donors (Lipinski definition) is 1. The topological polar surface area (TPSA) is 37.8 Å². The van der Waals surface area contributed by atoms with Crippen LogP contribution in [0.5, 0.6) is 0 Å². The maximum atomic E-state index is 13.8. The van der Waals surface area contributed by atoms with Crippen LogP contribution < -0.4 is 5.32 Å². The van der Waals surface area contributed by atoms with Crippen LogP contribution in [0.2, 0.25) is 0 Å². The van der Waals surface area contributed by atoms with Gasteiger partial charge in [-0.05, 0) is 34.5 Å². The highest BCUT2D eigenvalue weighted by atomic mass is 79.9. The number of hydrogen-bond acceptors (Lipinski definition) is 3. The Labute approximate surface area is 133 Å². The van der Waals surface area contributed by atoms with Gasteiger partial charge in [0.1, 0.15) is 11.6 Å². The number of aromatic nitrogens is 2. The van der Waals surface area contributed by atoms with Gasteiger partial charge in [-0.25, -0.2) is 14.4 Å². The van der Waals surface area contributed by atoms with Crippen molar-refractivity contribution < 1.29 is 4.39 Å². The molecule has 0 saturated carbocycles. The minimum absolute atomic E-state index is 0.147. The molecular formula is C16H19BrFN3. The molecule has 5 heteroatoms. The van der Waals surface area contributed by atoms with Crippen LogP contribution in [-0.2, 0) is 5.41 Å². The molecule has 0 spiro atoms. The first-order valence-corrected chi connectivity index (χ1v) is 7.55. The minimum atomic E-state index is -0.248. The molecule has 2 aromatic rings. The second kappa shape index (κ2) is 5.72. The molecule has 0 aliphatic carbocycles. The van der Waals surface area contributed by atoms with E-state index in [0.717, 1.165) is 10.2 Å². The zero-order valence-corrected chi connectivity index (χ0v) is 14.5. The summed E-state index contributed by atoms with van der Waals surface area (Å²) < 4.78 is 14.6. The molecule has 0 aliphatic heterocycles. The first kappa shape index (κ1) is 15.9. The summed E-state index contributed by atoms with van der Waals surface area (Å²) >= 11 is 3.55. The third-order valence-corrected chi connectivity index (χ3v) is 3.98. The van der Waals surface area contributed by atoms with Crippen molar-refractivity contribution in [3.63, 3.8) is 0 Å². The van der Waals surface area contributed by atoms with Crippen molar-refractivity contribution in [1.82, 2.24) is 9.97 Å². The molecule has 0 bridgehead atoms. The van der Waals surface area contributed by atoms with E-state index in [1.165, 1.54) is 6.07 Å². The Kier molecular flexibility index (Phi) is 4.33. The molecular weight excluding hydrogens is 333 g/mol. The fourth-order valence-corrected chi connectivity index (χ4v) is 2.94. The van der Waals surface area contributed by atoms with Gasteiger partial charge in [0.25, 0.3) is 0 Å². The van der Waals surface area contributed by atoms with Gasteiger partial charge in [0.05, 0.1) is 10.2 Å². The summed E-state index contributed by atoms with van der Waals surface area (Å²) in [5.41, 5.74) is 2.02. The van der Waals surface area contributed by atoms with E-state index in [-0.39, 0.29) is 11.2 Å². The van der Waals surface area contributed by atoms with E-state index in [1.807, 2.05) is 6.07 Å². The number of anilines is 1. The zero-order valence-electron chi connectivity index (χ0n) is 12.9. The summed E-state index contributed by atoms with van der Waals surface area (Å²) in [6, 6.07) is 5.06. The van der Waals surface area contributed by atoms with Crippen molar-refractivity contribution in [3.8, 4) is 11.4 Å². The van der Waals surface area contributed by atoms with Gasteiger partial charge in [-0.2, -0.15) is 0 Å². The quantitative estimate of drug-likeness (QED) is 0.852. The molecule has 0 atom stereocenters. The average Bonchev–Trinajstić information content (AvgIpc) is 2.41. The van der Waals surface area contributed by atoms with Crippen molar-refractivity contribution in [2.24, 2.45) is 0 Å². The van der Waals surface area contributed by atoms with Crippen molar-refractivity contribution in [3.05, 3.63) is 39.7 Å². The predicted octanol–water partition coefficient (Wildman–Crippen LogP) is 4.69. The molecule has 1 N–H and O–H groups in total. The predicted molar refractivity (Wildman–Crippen MR) is 88.1 cm³/mol. The molecule has 1 aromatic heterocycles. The van der Waals surface area contributed by atoms with E-state index >= 15 is 0 Å². The molecule has 0 unspecified atom stereocenters. The van der Waals surface area contributed by atoms with E-state index in [2.05, 4.69) is 52.0 Å². The molecule has 21 heavy (non-hydrogen) atoms. The molecule has 0 radical (unpaired) electrons. The van der Waals surface area contributed by atoms with E-state index in [1.54, 1.807) is 20.0 Å². The Morgan fingerprint density at radius 2 is 1.86 bits per heavy atom. The first-order chi connectivity index (χ1) is 9.74. The highest BCUT2D eigenvalue weighted by Gasteiger charge is 2.23. The lowest BCUT2D eigenvalue weighted by Crippen LogP contribution is -2.17. The fourth-order valence-electron chi connectivity index (χ4n) is 1.97. The Hall–Kier alpha value is -1.49. The summed E-state index contributed by atoms with van der Waals surface area (Å²) in [4.78, 5) is 9.10. The van der Waals surface area contributed by atoms with Crippen molar-refractivity contribution >= 4 is 21.7 Å². The largest absolute Gasteiger partial charge is 0.372 e. The van der Waals surface area contributed by atoms with Crippen molar-refractivity contribution in [2.45, 2.75) is 33.1 Å². The molecule has 0 amide bonds. The Morgan fingerprint density at radius 1 is 1.19 bits per heavy atom. The van der Waals surface area contributed by atoms with Crippen LogP contribution in [0.15, 0.2) is 22.7 Å². The van der Waals surface area contributed by atoms with Crippen LogP contribution in [-0.4, -0.2) is 17.0 Å². The van der Waals surface area contributed by atoms with Gasteiger partial charge in [0.2, 0.25) is 0 Å². The lowest BCUT2D eigenvalue weighted by atomic mass is 9.91. The molecule has 1 heterocycles. The number of halogens is 2. The SMILES string of the molecule is CNc1nc(-c2ccc(C)c(F)c2)nc(C(C)(C)C)c1Br. The third-order valence-electron chi connectivity index (χ3n) is 3.23. The van der Waals surface area contributed by atoms with Crippen LogP contribution in [0.3, 0.4) is 0 Å². The Balaban J connectivity index is 2.66. The van der Waals surface area contributed by atoms with E-state index in [0.29, 0.717) is 22.8 Å². The monoisotopic (exact) mass is 351 g/mol. The number of nitrogens with one attached hydrogen (secondary N) is 1. The zero-order chi connectivity index (χ0) is 15.8. The summed E-state index contributed by atoms with van der Waals surface area (Å²) in [6.07, 6.45) is 0. The van der Waals surface area contributed by atoms with Gasteiger partial charge in [0.15, 0.2) is 5.82 Å². The van der Waals surface area contributed by atoms with Gasteiger partial charge in [-0.3, -0.25) is 0 Å². The first-order valence-electron chi connectivity index (χ1n) is 6.76. The molecule has 3 nitrogen and oxygen atoms in total. The van der Waals surface area contributed by atoms with Crippen LogP contribution in [0.4, 0.5) is 10.2 Å². The number of nitrogens with zero attached hydrogens (tertiary/aromatic N) is 2. The second-order valence-corrected chi connectivity index (χ2v) is 6.82. The highest BCUT2D eigenvalue weighted by molar-refractivity contribution is 9.10. The molecule has 112 valence electrons. The number of aryl methyl sites for hydroxylation is 1. The smallest absolute Gasteiger partial charge is 0.161 e. The van der Waals surface area contributed by atoms with Gasteiger partial charge in [0, 0.05) is 18.0 Å². The molecule has 0 aliphatic rings. The van der Waals surface area contributed by atoms with Gasteiger partial charge >= 0.3 is 0 Å². The van der Waals surface area contributed by atoms with Crippen LogP contribution >= 0.6 is 15.9 Å². The molecule has 0 saturated heterocycles. The van der Waals surface area contributed by atoms with Gasteiger partial charge in [-0.15, -0.1) is 0 Å². The van der Waals surface area contributed by atoms with E-state index < -0.39 is 0 Å². The Morgan fingerprint density at radius 3 is 2.38 bits per heavy atom. The Bertz CT molecular complexity index is 678. The maximum absolute atomic E-state index is 13.8. The van der Waals surface area contributed by atoms with Gasteiger partial charge < -0.3 is 5.32 Å². The van der Waals surface area contributed by atoms with Gasteiger partial charge in [-0.1, -0.05) is 32.9 Å². The summed E-state index contributed by atoms with van der Waals surface area (Å²) in [5, 5.41) is 3.05. The summed E-state index contributed by atoms with van der Waals surface area (Å²) in [7, 11) is 1.80. The van der Waals surface area contributed by atoms with Crippen LogP contribution in [0, 0.1) is 12.7 Å². The average molecular weight is 352 g/mol. The fraction of sp³-hybridized carbons (Fsp3) is 0.375. The van der Waals surface area contributed by atoms with E-state index in [4.69, 9.17) is 0 Å². The van der Waals surface area contributed by atoms with Crippen molar-refractivity contribution in [1.29, 1.82) is 0 Å². The molecule has 1 aromatic carbocycles. The lowest BCUT2D eigenvalue weighted by molar-refractivity contribution is 0.564. The van der Waals surface area contributed by atoms with Crippen LogP contribution in [0.25, 0.3) is 11.4 Å². The summed E-state index contributed by atoms with van der Waals surface area (Å²) in [6.45, 7) is 7.98. The maximum Gasteiger partial charge on any atom is 0.161 e. The standard InChI is InChI=1S/C16H19BrFN3/c1-9-6-7-10(8-11(9)18)14-20-13(16(2,3)4)12(17)15(19-5)21-14/h6-8H,1-5H3,(H,19,20,21). The van der Waals surface area contributed by atoms with Crippen molar-refractivity contribution in [2.75, 3.05) is 12.4 Å². The number of rotatable bonds is 2. The lowest BCUT2D eigenvalue weighted by Gasteiger charge is -2.21. The summed E-state index contributed by atoms with van der Waals surface area (Å²) in [5.74, 6) is 0.972. The highest BCUT2D eigenvalue weighted by Crippen LogP contribution is 2.34. The number of benzene rings is 1. The normalized spacial score (nSPS) is 11.6. The third kappa shape index (κ3) is 3.23. The van der Waals surface area contributed by atoms with E-state index in [9.17, 15) is 4.39 Å². The van der Waals surface area contributed by atoms with Crippen LogP contribution in [0.1, 0.15) is 32.0 Å².